The largest absolute Gasteiger partial charge is 0.466 e. The molecule has 0 radical (unpaired) electrons. The number of amides is 2. The van der Waals surface area contributed by atoms with Gasteiger partial charge in [-0.3, -0.25) is 4.79 Å². The van der Waals surface area contributed by atoms with Crippen molar-refractivity contribution in [2.75, 3.05) is 6.61 Å². The summed E-state index contributed by atoms with van der Waals surface area (Å²) in [6, 6.07) is 0.193. The maximum Gasteiger partial charge on any atom is 0.315 e. The molecule has 5 heteroatoms. The van der Waals surface area contributed by atoms with E-state index in [-0.39, 0.29) is 30.0 Å². The summed E-state index contributed by atoms with van der Waals surface area (Å²) in [7, 11) is 0. The second-order valence-electron chi connectivity index (χ2n) is 6.92. The van der Waals surface area contributed by atoms with E-state index in [2.05, 4.69) is 6.92 Å². The zero-order chi connectivity index (χ0) is 16.1. The number of hydrogen-bond acceptors (Lipinski definition) is 3. The van der Waals surface area contributed by atoms with Gasteiger partial charge in [0, 0.05) is 12.1 Å². The molecule has 126 valence electrons. The third-order valence-corrected chi connectivity index (χ3v) is 5.34. The van der Waals surface area contributed by atoms with Crippen molar-refractivity contribution < 1.29 is 14.3 Å². The zero-order valence-electron chi connectivity index (χ0n) is 13.9. The normalized spacial score (nSPS) is 32.3. The molecule has 0 unspecified atom stereocenters. The Kier molecular flexibility index (Phi) is 6.09. The molecule has 2 aliphatic rings. The minimum atomic E-state index is -0.292. The Bertz CT molecular complexity index is 383. The average Bonchev–Trinajstić information content (AvgIpc) is 2.50. The van der Waals surface area contributed by atoms with E-state index in [0.29, 0.717) is 6.61 Å². The third-order valence-electron chi connectivity index (χ3n) is 5.34. The first kappa shape index (κ1) is 17.1. The minimum absolute atomic E-state index is 0.00250. The Hall–Kier alpha value is -1.26. The molecule has 0 bridgehead atoms. The van der Waals surface area contributed by atoms with Crippen LogP contribution in [0.2, 0.25) is 0 Å². The summed E-state index contributed by atoms with van der Waals surface area (Å²) in [6.07, 6.45) is 7.78. The van der Waals surface area contributed by atoms with Crippen LogP contribution in [0.3, 0.4) is 0 Å². The molecule has 0 heterocycles. The summed E-state index contributed by atoms with van der Waals surface area (Å²) in [5.74, 6) is 0.667. The Morgan fingerprint density at radius 2 is 1.50 bits per heavy atom. The van der Waals surface area contributed by atoms with Gasteiger partial charge in [-0.15, -0.1) is 0 Å². The fourth-order valence-electron chi connectivity index (χ4n) is 4.03. The summed E-state index contributed by atoms with van der Waals surface area (Å²) in [6.45, 7) is 4.55. The van der Waals surface area contributed by atoms with Gasteiger partial charge in [-0.25, -0.2) is 4.79 Å². The van der Waals surface area contributed by atoms with Crippen molar-refractivity contribution in [3.05, 3.63) is 0 Å². The van der Waals surface area contributed by atoms with Gasteiger partial charge >= 0.3 is 12.0 Å². The van der Waals surface area contributed by atoms with Gasteiger partial charge in [0.1, 0.15) is 0 Å². The van der Waals surface area contributed by atoms with Crippen molar-refractivity contribution in [3.8, 4) is 0 Å². The van der Waals surface area contributed by atoms with Crippen molar-refractivity contribution in [2.45, 2.75) is 77.3 Å². The second kappa shape index (κ2) is 7.84. The van der Waals surface area contributed by atoms with Gasteiger partial charge in [0.2, 0.25) is 0 Å². The number of rotatable bonds is 4. The molecule has 2 N–H and O–H groups in total. The molecular weight excluding hydrogens is 280 g/mol. The van der Waals surface area contributed by atoms with E-state index in [1.807, 2.05) is 11.8 Å². The summed E-state index contributed by atoms with van der Waals surface area (Å²) in [4.78, 5) is 25.7. The zero-order valence-corrected chi connectivity index (χ0v) is 13.9. The number of nitrogens with two attached hydrogens (primary N) is 1. The molecule has 2 fully saturated rings. The summed E-state index contributed by atoms with van der Waals surface area (Å²) in [5, 5.41) is 0. The van der Waals surface area contributed by atoms with Crippen molar-refractivity contribution in [2.24, 2.45) is 17.6 Å². The highest BCUT2D eigenvalue weighted by Crippen LogP contribution is 2.34. The van der Waals surface area contributed by atoms with Gasteiger partial charge in [0.15, 0.2) is 0 Å². The molecule has 0 atom stereocenters. The van der Waals surface area contributed by atoms with E-state index >= 15 is 0 Å². The van der Waals surface area contributed by atoms with Crippen LogP contribution >= 0.6 is 0 Å². The Balaban J connectivity index is 1.91. The predicted octanol–water partition coefficient (Wildman–Crippen LogP) is 3.07. The third kappa shape index (κ3) is 4.14. The standard InChI is InChI=1S/C17H30N2O3/c1-3-22-16(20)13-6-10-15(11-7-13)19(17(18)21)14-8-4-12(2)5-9-14/h12-15H,3-11H2,1-2H3,(H2,18,21). The van der Waals surface area contributed by atoms with Crippen LogP contribution in [0, 0.1) is 11.8 Å². The summed E-state index contributed by atoms with van der Waals surface area (Å²) < 4.78 is 5.11. The lowest BCUT2D eigenvalue weighted by molar-refractivity contribution is -0.149. The Labute approximate surface area is 133 Å². The lowest BCUT2D eigenvalue weighted by atomic mass is 9.82. The number of hydrogen-bond donors (Lipinski definition) is 1. The van der Waals surface area contributed by atoms with Gasteiger partial charge in [-0.05, 0) is 64.2 Å². The molecule has 0 aromatic heterocycles. The quantitative estimate of drug-likeness (QED) is 0.811. The molecule has 0 aromatic carbocycles. The molecule has 2 amide bonds. The van der Waals surface area contributed by atoms with Crippen LogP contribution in [0.15, 0.2) is 0 Å². The number of urea groups is 1. The minimum Gasteiger partial charge on any atom is -0.466 e. The fourth-order valence-corrected chi connectivity index (χ4v) is 4.03. The highest BCUT2D eigenvalue weighted by molar-refractivity contribution is 5.74. The number of esters is 1. The molecule has 5 nitrogen and oxygen atoms in total. The van der Waals surface area contributed by atoms with Crippen LogP contribution in [0.1, 0.15) is 65.2 Å². The first-order valence-corrected chi connectivity index (χ1v) is 8.77. The van der Waals surface area contributed by atoms with Gasteiger partial charge in [0.25, 0.3) is 0 Å². The fraction of sp³-hybridized carbons (Fsp3) is 0.882. The first-order valence-electron chi connectivity index (χ1n) is 8.77. The van der Waals surface area contributed by atoms with E-state index < -0.39 is 0 Å². The van der Waals surface area contributed by atoms with E-state index in [0.717, 1.165) is 44.4 Å². The van der Waals surface area contributed by atoms with Gasteiger partial charge in [0.05, 0.1) is 12.5 Å². The Morgan fingerprint density at radius 1 is 1.00 bits per heavy atom. The topological polar surface area (TPSA) is 72.6 Å². The highest BCUT2D eigenvalue weighted by Gasteiger charge is 2.35. The summed E-state index contributed by atoms with van der Waals surface area (Å²) >= 11 is 0. The SMILES string of the molecule is CCOC(=O)C1CCC(N(C(N)=O)C2CCC(C)CC2)CC1. The van der Waals surface area contributed by atoms with E-state index in [4.69, 9.17) is 10.5 Å². The number of nitrogens with zero attached hydrogens (tertiary/aromatic N) is 1. The second-order valence-corrected chi connectivity index (χ2v) is 6.92. The first-order chi connectivity index (χ1) is 10.5. The van der Waals surface area contributed by atoms with Crippen LogP contribution in [0.25, 0.3) is 0 Å². The van der Waals surface area contributed by atoms with Crippen LogP contribution in [0.4, 0.5) is 4.79 Å². The molecule has 0 aromatic rings. The number of carbonyl (C=O) groups is 2. The van der Waals surface area contributed by atoms with E-state index in [1.165, 1.54) is 12.8 Å². The molecule has 0 spiro atoms. The van der Waals surface area contributed by atoms with Gasteiger partial charge in [-0.2, -0.15) is 0 Å². The van der Waals surface area contributed by atoms with Crippen molar-refractivity contribution in [1.82, 2.24) is 4.90 Å². The van der Waals surface area contributed by atoms with Crippen LogP contribution in [0.5, 0.6) is 0 Å². The van der Waals surface area contributed by atoms with Crippen LogP contribution in [-0.2, 0) is 9.53 Å². The maximum atomic E-state index is 12.0. The average molecular weight is 310 g/mol. The lowest BCUT2D eigenvalue weighted by Crippen LogP contribution is -2.52. The predicted molar refractivity (Wildman–Crippen MR) is 85.2 cm³/mol. The molecule has 0 aliphatic heterocycles. The summed E-state index contributed by atoms with van der Waals surface area (Å²) in [5.41, 5.74) is 5.67. The molecule has 22 heavy (non-hydrogen) atoms. The molecule has 2 aliphatic carbocycles. The Morgan fingerprint density at radius 3 is 1.95 bits per heavy atom. The maximum absolute atomic E-state index is 12.0. The van der Waals surface area contributed by atoms with Gasteiger partial charge < -0.3 is 15.4 Å². The van der Waals surface area contributed by atoms with Gasteiger partial charge in [-0.1, -0.05) is 6.92 Å². The van der Waals surface area contributed by atoms with E-state index in [1.54, 1.807) is 0 Å². The van der Waals surface area contributed by atoms with Crippen LogP contribution < -0.4 is 5.73 Å². The van der Waals surface area contributed by atoms with Crippen molar-refractivity contribution >= 4 is 12.0 Å². The molecule has 0 saturated heterocycles. The molecular formula is C17H30N2O3. The molecule has 2 saturated carbocycles. The monoisotopic (exact) mass is 310 g/mol. The van der Waals surface area contributed by atoms with Crippen molar-refractivity contribution in [1.29, 1.82) is 0 Å². The number of carbonyl (C=O) groups excluding carboxylic acids is 2. The lowest BCUT2D eigenvalue weighted by Gasteiger charge is -2.42. The van der Waals surface area contributed by atoms with E-state index in [9.17, 15) is 9.59 Å². The van der Waals surface area contributed by atoms with Crippen molar-refractivity contribution in [3.63, 3.8) is 0 Å². The number of primary amides is 1. The highest BCUT2D eigenvalue weighted by atomic mass is 16.5. The smallest absolute Gasteiger partial charge is 0.315 e. The van der Waals surface area contributed by atoms with Crippen LogP contribution in [-0.4, -0.2) is 35.6 Å². The number of ether oxygens (including phenoxy) is 1. The molecule has 2 rings (SSSR count).